The second kappa shape index (κ2) is 7.69. The molecular weight excluding hydrogens is 326 g/mol. The van der Waals surface area contributed by atoms with Crippen LogP contribution in [0.2, 0.25) is 0 Å². The molecule has 6 heteroatoms. The number of hydrogen-bond acceptors (Lipinski definition) is 3. The minimum atomic E-state index is -1.07. The largest absolute Gasteiger partial charge is 0.497 e. The van der Waals surface area contributed by atoms with Crippen molar-refractivity contribution in [1.82, 2.24) is 5.32 Å². The maximum absolute atomic E-state index is 12.1. The third-order valence-corrected chi connectivity index (χ3v) is 3.37. The Morgan fingerprint density at radius 2 is 2.25 bits per heavy atom. The van der Waals surface area contributed by atoms with Gasteiger partial charge < -0.3 is 15.2 Å². The molecule has 0 fully saturated rings. The summed E-state index contributed by atoms with van der Waals surface area (Å²) in [6, 6.07) is 3.98. The number of carboxylic acid groups (broad SMARTS) is 1. The number of carbonyl (C=O) groups excluding carboxylic acids is 1. The van der Waals surface area contributed by atoms with Crippen molar-refractivity contribution in [2.75, 3.05) is 7.11 Å². The van der Waals surface area contributed by atoms with Gasteiger partial charge in [-0.25, -0.2) is 4.79 Å². The highest BCUT2D eigenvalue weighted by molar-refractivity contribution is 9.10. The van der Waals surface area contributed by atoms with E-state index in [1.54, 1.807) is 24.3 Å². The van der Waals surface area contributed by atoms with E-state index in [1.165, 1.54) is 7.11 Å². The van der Waals surface area contributed by atoms with Crippen LogP contribution in [0, 0.1) is 0 Å². The molecule has 0 radical (unpaired) electrons. The summed E-state index contributed by atoms with van der Waals surface area (Å²) >= 11 is 3.26. The molecule has 5 nitrogen and oxygen atoms in total. The fourth-order valence-corrected chi connectivity index (χ4v) is 2.01. The SMILES string of the molecule is C=CCCC(NC(=O)c1cc(OC)ccc1Br)C(=O)O. The molecule has 0 saturated heterocycles. The van der Waals surface area contributed by atoms with E-state index in [9.17, 15) is 9.59 Å². The van der Waals surface area contributed by atoms with Crippen LogP contribution in [0.1, 0.15) is 23.2 Å². The number of nitrogens with one attached hydrogen (secondary N) is 1. The number of allylic oxidation sites excluding steroid dienone is 1. The van der Waals surface area contributed by atoms with E-state index >= 15 is 0 Å². The molecule has 1 aromatic rings. The van der Waals surface area contributed by atoms with Gasteiger partial charge in [-0.3, -0.25) is 4.79 Å². The third-order valence-electron chi connectivity index (χ3n) is 2.68. The zero-order valence-corrected chi connectivity index (χ0v) is 12.6. The molecule has 0 spiro atoms. The van der Waals surface area contributed by atoms with E-state index in [2.05, 4.69) is 27.8 Å². The van der Waals surface area contributed by atoms with Crippen LogP contribution in [0.25, 0.3) is 0 Å². The highest BCUT2D eigenvalue weighted by atomic mass is 79.9. The van der Waals surface area contributed by atoms with Crippen LogP contribution in [0.15, 0.2) is 35.3 Å². The van der Waals surface area contributed by atoms with E-state index in [-0.39, 0.29) is 0 Å². The lowest BCUT2D eigenvalue weighted by Crippen LogP contribution is -2.40. The van der Waals surface area contributed by atoms with Gasteiger partial charge in [-0.15, -0.1) is 6.58 Å². The molecule has 20 heavy (non-hydrogen) atoms. The van der Waals surface area contributed by atoms with E-state index < -0.39 is 17.9 Å². The molecule has 0 aliphatic heterocycles. The van der Waals surface area contributed by atoms with Crippen molar-refractivity contribution < 1.29 is 19.4 Å². The van der Waals surface area contributed by atoms with Gasteiger partial charge in [0.15, 0.2) is 0 Å². The molecule has 1 amide bonds. The van der Waals surface area contributed by atoms with Crippen molar-refractivity contribution in [2.45, 2.75) is 18.9 Å². The van der Waals surface area contributed by atoms with Gasteiger partial charge in [0, 0.05) is 4.47 Å². The summed E-state index contributed by atoms with van der Waals surface area (Å²) in [6.45, 7) is 3.54. The number of aliphatic carboxylic acids is 1. The molecule has 108 valence electrons. The predicted molar refractivity (Wildman–Crippen MR) is 79.0 cm³/mol. The number of carbonyl (C=O) groups is 2. The number of carboxylic acids is 1. The van der Waals surface area contributed by atoms with Gasteiger partial charge in [0.1, 0.15) is 11.8 Å². The topological polar surface area (TPSA) is 75.6 Å². The number of halogens is 1. The molecule has 0 aliphatic rings. The van der Waals surface area contributed by atoms with Crippen LogP contribution in [0.5, 0.6) is 5.75 Å². The van der Waals surface area contributed by atoms with Crippen LogP contribution in [0.4, 0.5) is 0 Å². The summed E-state index contributed by atoms with van der Waals surface area (Å²) in [7, 11) is 1.50. The lowest BCUT2D eigenvalue weighted by molar-refractivity contribution is -0.139. The minimum absolute atomic E-state index is 0.298. The van der Waals surface area contributed by atoms with Gasteiger partial charge in [0.05, 0.1) is 12.7 Å². The Bertz CT molecular complexity index is 516. The third kappa shape index (κ3) is 4.38. The Morgan fingerprint density at radius 1 is 1.55 bits per heavy atom. The highest BCUT2D eigenvalue weighted by Gasteiger charge is 2.21. The van der Waals surface area contributed by atoms with Gasteiger partial charge in [0.25, 0.3) is 5.91 Å². The van der Waals surface area contributed by atoms with Gasteiger partial charge in [0.2, 0.25) is 0 Å². The first-order chi connectivity index (χ1) is 9.49. The Morgan fingerprint density at radius 3 is 2.80 bits per heavy atom. The Kier molecular flexibility index (Phi) is 6.24. The lowest BCUT2D eigenvalue weighted by Gasteiger charge is -2.14. The monoisotopic (exact) mass is 341 g/mol. The number of amides is 1. The molecule has 0 aliphatic carbocycles. The molecule has 1 unspecified atom stereocenters. The summed E-state index contributed by atoms with van der Waals surface area (Å²) in [5.41, 5.74) is 0.328. The number of rotatable bonds is 7. The zero-order chi connectivity index (χ0) is 15.1. The van der Waals surface area contributed by atoms with Crippen LogP contribution in [-0.2, 0) is 4.79 Å². The van der Waals surface area contributed by atoms with E-state index in [4.69, 9.17) is 9.84 Å². The summed E-state index contributed by atoms with van der Waals surface area (Å²) < 4.78 is 5.62. The molecule has 1 rings (SSSR count). The van der Waals surface area contributed by atoms with Crippen LogP contribution in [0.3, 0.4) is 0 Å². The van der Waals surface area contributed by atoms with Crippen molar-refractivity contribution in [3.05, 3.63) is 40.9 Å². The smallest absolute Gasteiger partial charge is 0.326 e. The molecule has 0 heterocycles. The van der Waals surface area contributed by atoms with Gasteiger partial charge in [-0.2, -0.15) is 0 Å². The molecule has 2 N–H and O–H groups in total. The molecule has 0 aromatic heterocycles. The minimum Gasteiger partial charge on any atom is -0.497 e. The first kappa shape index (κ1) is 16.2. The van der Waals surface area contributed by atoms with E-state index in [0.717, 1.165) is 0 Å². The number of hydrogen-bond donors (Lipinski definition) is 2. The standard InChI is InChI=1S/C14H16BrNO4/c1-3-4-5-12(14(18)19)16-13(17)10-8-9(20-2)6-7-11(10)15/h3,6-8,12H,1,4-5H2,2H3,(H,16,17)(H,18,19). The average molecular weight is 342 g/mol. The van der Waals surface area contributed by atoms with Crippen LogP contribution in [-0.4, -0.2) is 30.1 Å². The van der Waals surface area contributed by atoms with Gasteiger partial charge >= 0.3 is 5.97 Å². The van der Waals surface area contributed by atoms with Crippen molar-refractivity contribution in [3.63, 3.8) is 0 Å². The van der Waals surface area contributed by atoms with Crippen molar-refractivity contribution in [3.8, 4) is 5.75 Å². The maximum Gasteiger partial charge on any atom is 0.326 e. The highest BCUT2D eigenvalue weighted by Crippen LogP contribution is 2.22. The Balaban J connectivity index is 2.88. The second-order valence-corrected chi connectivity index (χ2v) is 4.93. The van der Waals surface area contributed by atoms with E-state index in [1.807, 2.05) is 0 Å². The summed E-state index contributed by atoms with van der Waals surface area (Å²) in [5, 5.41) is 11.6. The molecule has 1 aromatic carbocycles. The quantitative estimate of drug-likeness (QED) is 0.747. The molecule has 0 bridgehead atoms. The van der Waals surface area contributed by atoms with Crippen molar-refractivity contribution >= 4 is 27.8 Å². The molecular formula is C14H16BrNO4. The number of benzene rings is 1. The van der Waals surface area contributed by atoms with Gasteiger partial charge in [-0.1, -0.05) is 6.08 Å². The number of ether oxygens (including phenoxy) is 1. The molecule has 0 saturated carbocycles. The predicted octanol–water partition coefficient (Wildman–Crippen LogP) is 2.61. The van der Waals surface area contributed by atoms with Crippen molar-refractivity contribution in [1.29, 1.82) is 0 Å². The normalized spacial score (nSPS) is 11.5. The number of methoxy groups -OCH3 is 1. The fraction of sp³-hybridized carbons (Fsp3) is 0.286. The van der Waals surface area contributed by atoms with Crippen molar-refractivity contribution in [2.24, 2.45) is 0 Å². The van der Waals surface area contributed by atoms with E-state index in [0.29, 0.717) is 28.6 Å². The summed E-state index contributed by atoms with van der Waals surface area (Å²) in [5.74, 6) is -1.01. The average Bonchev–Trinajstić information content (AvgIpc) is 2.43. The molecule has 1 atom stereocenters. The second-order valence-electron chi connectivity index (χ2n) is 4.08. The Labute approximate surface area is 125 Å². The zero-order valence-electron chi connectivity index (χ0n) is 11.1. The summed E-state index contributed by atoms with van der Waals surface area (Å²) in [6.07, 6.45) is 2.42. The maximum atomic E-state index is 12.1. The lowest BCUT2D eigenvalue weighted by atomic mass is 10.1. The van der Waals surface area contributed by atoms with Gasteiger partial charge in [-0.05, 0) is 47.0 Å². The van der Waals surface area contributed by atoms with Crippen LogP contribution >= 0.6 is 15.9 Å². The first-order valence-corrected chi connectivity index (χ1v) is 6.77. The Hall–Kier alpha value is -1.82. The first-order valence-electron chi connectivity index (χ1n) is 5.97. The summed E-state index contributed by atoms with van der Waals surface area (Å²) in [4.78, 5) is 23.2. The fourth-order valence-electron chi connectivity index (χ4n) is 1.58. The van der Waals surface area contributed by atoms with Crippen LogP contribution < -0.4 is 10.1 Å².